The molecule has 0 bridgehead atoms. The molecule has 0 aliphatic rings. The third-order valence-electron chi connectivity index (χ3n) is 5.52. The minimum Gasteiger partial charge on any atom is -0.478 e. The lowest BCUT2D eigenvalue weighted by Crippen LogP contribution is -2.08. The van der Waals surface area contributed by atoms with Crippen LogP contribution in [0.5, 0.6) is 11.8 Å². The van der Waals surface area contributed by atoms with Crippen LogP contribution in [0, 0.1) is 0 Å². The van der Waals surface area contributed by atoms with E-state index in [1.807, 2.05) is 60.7 Å². The number of H-pyrrole nitrogens is 1. The van der Waals surface area contributed by atoms with E-state index in [1.165, 1.54) is 12.1 Å². The first-order chi connectivity index (χ1) is 16.9. The zero-order valence-electron chi connectivity index (χ0n) is 18.0. The van der Waals surface area contributed by atoms with Crippen molar-refractivity contribution in [3.8, 4) is 34.0 Å². The smallest absolute Gasteiger partial charge is 0.336 e. The number of aromatic nitrogens is 2. The number of nitrogens with one attached hydrogen (secondary N) is 1. The number of benzene rings is 4. The first-order valence-electron chi connectivity index (χ1n) is 10.5. The normalized spacial score (nSPS) is 10.9. The maximum Gasteiger partial charge on any atom is 0.336 e. The molecule has 5 aromatic rings. The summed E-state index contributed by atoms with van der Waals surface area (Å²) in [5.74, 6) is -2.57. The number of aromatic amines is 1. The van der Waals surface area contributed by atoms with E-state index < -0.39 is 11.9 Å². The Balaban J connectivity index is 1.45. The van der Waals surface area contributed by atoms with Crippen molar-refractivity contribution in [3.05, 3.63) is 101 Å². The van der Waals surface area contributed by atoms with Gasteiger partial charge in [0.15, 0.2) is 0 Å². The Morgan fingerprint density at radius 2 is 1.43 bits per heavy atom. The van der Waals surface area contributed by atoms with Crippen molar-refractivity contribution in [1.29, 1.82) is 0 Å². The number of carboxylic acid groups (broad SMARTS) is 2. The molecular formula is C27H17ClN2O5. The minimum atomic E-state index is -1.37. The molecule has 35 heavy (non-hydrogen) atoms. The van der Waals surface area contributed by atoms with Gasteiger partial charge in [0.25, 0.3) is 6.01 Å². The highest BCUT2D eigenvalue weighted by atomic mass is 35.5. The number of halogens is 1. The fourth-order valence-corrected chi connectivity index (χ4v) is 4.08. The number of ether oxygens (including phenoxy) is 1. The van der Waals surface area contributed by atoms with E-state index in [2.05, 4.69) is 9.97 Å². The molecule has 0 aliphatic carbocycles. The van der Waals surface area contributed by atoms with E-state index in [9.17, 15) is 19.8 Å². The summed E-state index contributed by atoms with van der Waals surface area (Å²) in [7, 11) is 0. The fourth-order valence-electron chi connectivity index (χ4n) is 3.81. The number of imidazole rings is 1. The number of carboxylic acids is 2. The maximum atomic E-state index is 11.4. The summed E-state index contributed by atoms with van der Waals surface area (Å²) >= 11 is 6.56. The summed E-state index contributed by atoms with van der Waals surface area (Å²) in [4.78, 5) is 30.1. The zero-order valence-corrected chi connectivity index (χ0v) is 18.8. The molecule has 3 N–H and O–H groups in total. The molecule has 0 spiro atoms. The van der Waals surface area contributed by atoms with E-state index in [0.29, 0.717) is 16.1 Å². The van der Waals surface area contributed by atoms with E-state index in [0.717, 1.165) is 28.3 Å². The summed E-state index contributed by atoms with van der Waals surface area (Å²) in [5.41, 5.74) is 4.48. The summed E-state index contributed by atoms with van der Waals surface area (Å²) < 4.78 is 5.67. The van der Waals surface area contributed by atoms with Crippen molar-refractivity contribution in [1.82, 2.24) is 9.97 Å². The molecule has 0 fully saturated rings. The van der Waals surface area contributed by atoms with E-state index in [4.69, 9.17) is 16.3 Å². The van der Waals surface area contributed by atoms with Crippen molar-refractivity contribution < 1.29 is 24.5 Å². The highest BCUT2D eigenvalue weighted by Gasteiger charge is 2.18. The molecule has 0 radical (unpaired) electrons. The van der Waals surface area contributed by atoms with Crippen molar-refractivity contribution in [3.63, 3.8) is 0 Å². The van der Waals surface area contributed by atoms with Gasteiger partial charge < -0.3 is 19.9 Å². The van der Waals surface area contributed by atoms with Gasteiger partial charge in [0.1, 0.15) is 5.75 Å². The van der Waals surface area contributed by atoms with E-state index >= 15 is 0 Å². The molecule has 4 aromatic carbocycles. The molecule has 0 unspecified atom stereocenters. The van der Waals surface area contributed by atoms with E-state index in [-0.39, 0.29) is 22.9 Å². The van der Waals surface area contributed by atoms with Crippen LogP contribution in [0.25, 0.3) is 33.3 Å². The molecule has 1 aromatic heterocycles. The molecular weight excluding hydrogens is 468 g/mol. The van der Waals surface area contributed by atoms with Crippen LogP contribution in [0.3, 0.4) is 0 Å². The summed E-state index contributed by atoms with van der Waals surface area (Å²) in [5, 5.41) is 19.0. The second-order valence-corrected chi connectivity index (χ2v) is 8.16. The number of nitrogens with zero attached hydrogens (tertiary/aromatic N) is 1. The molecule has 8 heteroatoms. The molecule has 5 rings (SSSR count). The topological polar surface area (TPSA) is 113 Å². The van der Waals surface area contributed by atoms with Gasteiger partial charge in [-0.1, -0.05) is 66.2 Å². The Hall–Kier alpha value is -4.62. The molecule has 7 nitrogen and oxygen atoms in total. The van der Waals surface area contributed by atoms with Crippen LogP contribution in [0.4, 0.5) is 0 Å². The number of carbonyl (C=O) groups is 2. The van der Waals surface area contributed by atoms with Crippen molar-refractivity contribution in [2.45, 2.75) is 0 Å². The number of rotatable bonds is 6. The van der Waals surface area contributed by atoms with Crippen LogP contribution in [-0.4, -0.2) is 32.1 Å². The Labute approximate surface area is 204 Å². The molecule has 0 saturated heterocycles. The Kier molecular flexibility index (Phi) is 5.68. The van der Waals surface area contributed by atoms with Gasteiger partial charge in [-0.15, -0.1) is 0 Å². The average Bonchev–Trinajstić information content (AvgIpc) is 3.24. The van der Waals surface area contributed by atoms with Crippen LogP contribution in [0.1, 0.15) is 20.7 Å². The second-order valence-electron chi connectivity index (χ2n) is 7.75. The monoisotopic (exact) mass is 484 g/mol. The predicted octanol–water partition coefficient (Wildman–Crippen LogP) is 6.74. The fraction of sp³-hybridized carbons (Fsp3) is 0. The highest BCUT2D eigenvalue weighted by Crippen LogP contribution is 2.34. The number of hydrogen-bond donors (Lipinski definition) is 3. The van der Waals surface area contributed by atoms with Crippen LogP contribution < -0.4 is 4.74 Å². The van der Waals surface area contributed by atoms with Gasteiger partial charge in [-0.2, -0.15) is 4.98 Å². The quantitative estimate of drug-likeness (QED) is 0.246. The zero-order chi connectivity index (χ0) is 24.5. The largest absolute Gasteiger partial charge is 0.478 e. The summed E-state index contributed by atoms with van der Waals surface area (Å²) in [6.07, 6.45) is 0. The average molecular weight is 485 g/mol. The lowest BCUT2D eigenvalue weighted by Gasteiger charge is -2.07. The molecule has 0 atom stereocenters. The lowest BCUT2D eigenvalue weighted by atomic mass is 10.00. The van der Waals surface area contributed by atoms with Crippen LogP contribution in [0.15, 0.2) is 84.9 Å². The SMILES string of the molecule is O=C(O)c1ccc(Oc2nc3cc(-c4ccc(-c5ccccc5)cc4)c(Cl)cc3[nH]2)cc1C(=O)O. The Morgan fingerprint density at radius 3 is 2.11 bits per heavy atom. The van der Waals surface area contributed by atoms with Gasteiger partial charge in [-0.05, 0) is 47.0 Å². The maximum absolute atomic E-state index is 11.4. The predicted molar refractivity (Wildman–Crippen MR) is 132 cm³/mol. The standard InChI is InChI=1S/C27H17ClN2O5/c28-22-14-24-23(13-20(22)17-8-6-16(7-9-17)15-4-2-1-3-5-15)29-27(30-24)35-18-10-11-19(25(31)32)21(12-18)26(33)34/h1-14H,(H,29,30)(H,31,32)(H,33,34). The summed E-state index contributed by atoms with van der Waals surface area (Å²) in [6.45, 7) is 0. The first-order valence-corrected chi connectivity index (χ1v) is 10.9. The van der Waals surface area contributed by atoms with Gasteiger partial charge in [0.05, 0.1) is 27.2 Å². The first kappa shape index (κ1) is 22.2. The lowest BCUT2D eigenvalue weighted by molar-refractivity contribution is 0.0651. The van der Waals surface area contributed by atoms with Gasteiger partial charge in [-0.25, -0.2) is 9.59 Å². The number of fused-ring (bicyclic) bond motifs is 1. The minimum absolute atomic E-state index is 0.118. The van der Waals surface area contributed by atoms with E-state index in [1.54, 1.807) is 6.07 Å². The van der Waals surface area contributed by atoms with Crippen molar-refractivity contribution in [2.75, 3.05) is 0 Å². The van der Waals surface area contributed by atoms with Crippen molar-refractivity contribution >= 4 is 34.6 Å². The highest BCUT2D eigenvalue weighted by molar-refractivity contribution is 6.34. The number of hydrogen-bond acceptors (Lipinski definition) is 4. The molecule has 0 aliphatic heterocycles. The summed E-state index contributed by atoms with van der Waals surface area (Å²) in [6, 6.07) is 25.5. The van der Waals surface area contributed by atoms with Crippen LogP contribution in [0.2, 0.25) is 5.02 Å². The van der Waals surface area contributed by atoms with Crippen molar-refractivity contribution in [2.24, 2.45) is 0 Å². The van der Waals surface area contributed by atoms with Crippen LogP contribution >= 0.6 is 11.6 Å². The molecule has 172 valence electrons. The third kappa shape index (κ3) is 4.45. The molecule has 0 saturated carbocycles. The third-order valence-corrected chi connectivity index (χ3v) is 5.83. The molecule has 1 heterocycles. The van der Waals surface area contributed by atoms with Crippen LogP contribution in [-0.2, 0) is 0 Å². The van der Waals surface area contributed by atoms with Gasteiger partial charge >= 0.3 is 11.9 Å². The second kappa shape index (κ2) is 8.96. The van der Waals surface area contributed by atoms with Gasteiger partial charge in [0, 0.05) is 5.56 Å². The Bertz CT molecular complexity index is 1580. The molecule has 0 amide bonds. The van der Waals surface area contributed by atoms with Gasteiger partial charge in [0.2, 0.25) is 0 Å². The number of aromatic carboxylic acids is 2. The van der Waals surface area contributed by atoms with Gasteiger partial charge in [-0.3, -0.25) is 0 Å². The Morgan fingerprint density at radius 1 is 0.771 bits per heavy atom.